The lowest BCUT2D eigenvalue weighted by atomic mass is 10.2. The van der Waals surface area contributed by atoms with E-state index in [1.807, 2.05) is 60.5 Å². The molecular formula is C15H16BrN3O. The Kier molecular flexibility index (Phi) is 4.63. The number of rotatable bonds is 4. The molecule has 1 amide bonds. The van der Waals surface area contributed by atoms with Crippen LogP contribution in [0.4, 0.5) is 17.1 Å². The van der Waals surface area contributed by atoms with Gasteiger partial charge in [-0.15, -0.1) is 0 Å². The van der Waals surface area contributed by atoms with Crippen molar-refractivity contribution in [2.45, 2.75) is 0 Å². The Morgan fingerprint density at radius 3 is 2.60 bits per heavy atom. The van der Waals surface area contributed by atoms with Gasteiger partial charge in [0.1, 0.15) is 0 Å². The number of nitrogens with zero attached hydrogens (tertiary/aromatic N) is 1. The zero-order chi connectivity index (χ0) is 14.5. The molecule has 4 nitrogen and oxygen atoms in total. The minimum atomic E-state index is -0.0720. The van der Waals surface area contributed by atoms with E-state index in [0.717, 1.165) is 15.8 Å². The minimum absolute atomic E-state index is 0.0720. The van der Waals surface area contributed by atoms with Crippen LogP contribution in [0.3, 0.4) is 0 Å². The summed E-state index contributed by atoms with van der Waals surface area (Å²) < 4.78 is 0.979. The molecule has 2 aromatic carbocycles. The molecule has 2 rings (SSSR count). The third-order valence-electron chi connectivity index (χ3n) is 2.82. The summed E-state index contributed by atoms with van der Waals surface area (Å²) in [6.07, 6.45) is 0. The normalized spacial score (nSPS) is 10.1. The maximum Gasteiger partial charge on any atom is 0.243 e. The van der Waals surface area contributed by atoms with E-state index in [9.17, 15) is 4.79 Å². The van der Waals surface area contributed by atoms with Gasteiger partial charge in [-0.3, -0.25) is 4.79 Å². The van der Waals surface area contributed by atoms with Crippen LogP contribution in [0, 0.1) is 0 Å². The number of likely N-dealkylation sites (N-methyl/N-ethyl adjacent to an activating group) is 1. The molecule has 0 aliphatic heterocycles. The number of nitrogen functional groups attached to an aromatic ring is 1. The van der Waals surface area contributed by atoms with Gasteiger partial charge in [0.15, 0.2) is 0 Å². The van der Waals surface area contributed by atoms with E-state index in [1.165, 1.54) is 0 Å². The molecule has 0 atom stereocenters. The summed E-state index contributed by atoms with van der Waals surface area (Å²) in [4.78, 5) is 13.8. The van der Waals surface area contributed by atoms with Gasteiger partial charge >= 0.3 is 0 Å². The topological polar surface area (TPSA) is 58.4 Å². The van der Waals surface area contributed by atoms with Crippen molar-refractivity contribution in [1.29, 1.82) is 0 Å². The molecule has 0 bridgehead atoms. The van der Waals surface area contributed by atoms with Gasteiger partial charge < -0.3 is 16.0 Å². The van der Waals surface area contributed by atoms with Crippen molar-refractivity contribution in [3.8, 4) is 0 Å². The maximum atomic E-state index is 12.0. The van der Waals surface area contributed by atoms with Crippen LogP contribution in [0.25, 0.3) is 0 Å². The van der Waals surface area contributed by atoms with Gasteiger partial charge in [-0.1, -0.05) is 22.0 Å². The number of hydrogen-bond donors (Lipinski definition) is 2. The smallest absolute Gasteiger partial charge is 0.243 e. The van der Waals surface area contributed by atoms with Crippen LogP contribution in [-0.2, 0) is 4.79 Å². The zero-order valence-electron chi connectivity index (χ0n) is 11.1. The Balaban J connectivity index is 1.95. The molecule has 2 aromatic rings. The maximum absolute atomic E-state index is 12.0. The largest absolute Gasteiger partial charge is 0.399 e. The summed E-state index contributed by atoms with van der Waals surface area (Å²) >= 11 is 3.36. The third kappa shape index (κ3) is 3.99. The summed E-state index contributed by atoms with van der Waals surface area (Å²) in [5.41, 5.74) is 8.11. The lowest BCUT2D eigenvalue weighted by molar-refractivity contribution is -0.114. The molecule has 5 heteroatoms. The van der Waals surface area contributed by atoms with E-state index >= 15 is 0 Å². The van der Waals surface area contributed by atoms with Gasteiger partial charge in [0.05, 0.1) is 6.54 Å². The fraction of sp³-hybridized carbons (Fsp3) is 0.133. The fourth-order valence-corrected chi connectivity index (χ4v) is 2.07. The van der Waals surface area contributed by atoms with Gasteiger partial charge in [0.2, 0.25) is 5.91 Å². The number of anilines is 3. The second-order valence-electron chi connectivity index (χ2n) is 4.51. The van der Waals surface area contributed by atoms with Crippen LogP contribution in [0.2, 0.25) is 0 Å². The number of halogens is 1. The zero-order valence-corrected chi connectivity index (χ0v) is 12.7. The van der Waals surface area contributed by atoms with Crippen LogP contribution < -0.4 is 16.0 Å². The molecule has 0 spiro atoms. The number of nitrogens with two attached hydrogens (primary N) is 1. The predicted octanol–water partition coefficient (Wildman–Crippen LogP) is 3.11. The molecule has 0 aliphatic carbocycles. The fourth-order valence-electron chi connectivity index (χ4n) is 1.80. The van der Waals surface area contributed by atoms with Crippen molar-refractivity contribution in [2.24, 2.45) is 0 Å². The second-order valence-corrected chi connectivity index (χ2v) is 5.42. The molecule has 20 heavy (non-hydrogen) atoms. The minimum Gasteiger partial charge on any atom is -0.399 e. The van der Waals surface area contributed by atoms with Gasteiger partial charge in [-0.05, 0) is 42.5 Å². The molecule has 0 radical (unpaired) electrons. The second kappa shape index (κ2) is 6.43. The van der Waals surface area contributed by atoms with Gasteiger partial charge in [0, 0.05) is 28.6 Å². The monoisotopic (exact) mass is 333 g/mol. The van der Waals surface area contributed by atoms with Crippen LogP contribution in [-0.4, -0.2) is 19.5 Å². The van der Waals surface area contributed by atoms with Crippen LogP contribution in [0.15, 0.2) is 53.0 Å². The Labute approximate surface area is 126 Å². The quantitative estimate of drug-likeness (QED) is 0.845. The lowest BCUT2D eigenvalue weighted by Gasteiger charge is -2.19. The van der Waals surface area contributed by atoms with Crippen molar-refractivity contribution in [2.75, 3.05) is 29.5 Å². The summed E-state index contributed by atoms with van der Waals surface area (Å²) in [7, 11) is 1.86. The highest BCUT2D eigenvalue weighted by Gasteiger charge is 2.08. The SMILES string of the molecule is CN(CC(=O)Nc1ccc(Br)cc1)c1cccc(N)c1. The molecule has 0 fully saturated rings. The molecule has 0 heterocycles. The summed E-state index contributed by atoms with van der Waals surface area (Å²) in [5, 5.41) is 2.85. The van der Waals surface area contributed by atoms with Crippen LogP contribution in [0.1, 0.15) is 0 Å². The molecular weight excluding hydrogens is 318 g/mol. The van der Waals surface area contributed by atoms with Crippen molar-refractivity contribution in [3.05, 3.63) is 53.0 Å². The first-order chi connectivity index (χ1) is 9.54. The van der Waals surface area contributed by atoms with E-state index in [-0.39, 0.29) is 12.5 Å². The molecule has 0 aromatic heterocycles. The third-order valence-corrected chi connectivity index (χ3v) is 3.35. The van der Waals surface area contributed by atoms with Gasteiger partial charge in [-0.25, -0.2) is 0 Å². The molecule has 104 valence electrons. The van der Waals surface area contributed by atoms with Crippen LogP contribution in [0.5, 0.6) is 0 Å². The first-order valence-electron chi connectivity index (χ1n) is 6.17. The average Bonchev–Trinajstić information content (AvgIpc) is 2.41. The van der Waals surface area contributed by atoms with E-state index in [0.29, 0.717) is 5.69 Å². The van der Waals surface area contributed by atoms with E-state index < -0.39 is 0 Å². The number of nitrogens with one attached hydrogen (secondary N) is 1. The number of carbonyl (C=O) groups is 1. The molecule has 0 saturated heterocycles. The first-order valence-corrected chi connectivity index (χ1v) is 6.96. The van der Waals surface area contributed by atoms with Gasteiger partial charge in [0.25, 0.3) is 0 Å². The van der Waals surface area contributed by atoms with Crippen molar-refractivity contribution >= 4 is 38.9 Å². The molecule has 0 saturated carbocycles. The van der Waals surface area contributed by atoms with Crippen LogP contribution >= 0.6 is 15.9 Å². The van der Waals surface area contributed by atoms with Crippen molar-refractivity contribution in [1.82, 2.24) is 0 Å². The van der Waals surface area contributed by atoms with Gasteiger partial charge in [-0.2, -0.15) is 0 Å². The summed E-state index contributed by atoms with van der Waals surface area (Å²) in [5.74, 6) is -0.0720. The molecule has 0 aliphatic rings. The van der Waals surface area contributed by atoms with Crippen molar-refractivity contribution in [3.63, 3.8) is 0 Å². The highest BCUT2D eigenvalue weighted by atomic mass is 79.9. The number of carbonyl (C=O) groups excluding carboxylic acids is 1. The average molecular weight is 334 g/mol. The summed E-state index contributed by atoms with van der Waals surface area (Å²) in [6.45, 7) is 0.263. The van der Waals surface area contributed by atoms with Crippen molar-refractivity contribution < 1.29 is 4.79 Å². The van der Waals surface area contributed by atoms with E-state index in [1.54, 1.807) is 0 Å². The highest BCUT2D eigenvalue weighted by Crippen LogP contribution is 2.17. The molecule has 3 N–H and O–H groups in total. The lowest BCUT2D eigenvalue weighted by Crippen LogP contribution is -2.30. The Morgan fingerprint density at radius 1 is 1.25 bits per heavy atom. The first kappa shape index (κ1) is 14.4. The Morgan fingerprint density at radius 2 is 1.95 bits per heavy atom. The standard InChI is InChI=1S/C15H16BrN3O/c1-19(14-4-2-3-12(17)9-14)10-15(20)18-13-7-5-11(16)6-8-13/h2-9H,10,17H2,1H3,(H,18,20). The van der Waals surface area contributed by atoms with E-state index in [4.69, 9.17) is 5.73 Å². The Hall–Kier alpha value is -2.01. The number of amides is 1. The Bertz CT molecular complexity index is 598. The number of hydrogen-bond acceptors (Lipinski definition) is 3. The van der Waals surface area contributed by atoms with E-state index in [2.05, 4.69) is 21.2 Å². The molecule has 0 unspecified atom stereocenters. The highest BCUT2D eigenvalue weighted by molar-refractivity contribution is 9.10. The summed E-state index contributed by atoms with van der Waals surface area (Å²) in [6, 6.07) is 14.9. The predicted molar refractivity (Wildman–Crippen MR) is 86.9 cm³/mol. The number of benzene rings is 2.